The fourth-order valence-electron chi connectivity index (χ4n) is 2.69. The van der Waals surface area contributed by atoms with Gasteiger partial charge in [-0.05, 0) is 33.2 Å². The highest BCUT2D eigenvalue weighted by molar-refractivity contribution is 6.02. The lowest BCUT2D eigenvalue weighted by Gasteiger charge is -2.11. The van der Waals surface area contributed by atoms with Crippen LogP contribution in [-0.2, 0) is 16.0 Å². The minimum Gasteiger partial charge on any atom is -0.462 e. The Morgan fingerprint density at radius 1 is 1.00 bits per heavy atom. The summed E-state index contributed by atoms with van der Waals surface area (Å²) >= 11 is 0. The molecule has 21 heavy (non-hydrogen) atoms. The summed E-state index contributed by atoms with van der Waals surface area (Å²) in [6.07, 6.45) is 1.89. The van der Waals surface area contributed by atoms with E-state index in [9.17, 15) is 4.79 Å². The molecule has 2 heteroatoms. The maximum atomic E-state index is 11.2. The van der Waals surface area contributed by atoms with Crippen LogP contribution < -0.4 is 0 Å². The lowest BCUT2D eigenvalue weighted by Crippen LogP contribution is -2.05. The Balaban J connectivity index is 2.07. The Hall–Kier alpha value is -2.61. The number of benzene rings is 3. The van der Waals surface area contributed by atoms with Crippen molar-refractivity contribution in [2.75, 3.05) is 6.61 Å². The van der Waals surface area contributed by atoms with Gasteiger partial charge in [-0.2, -0.15) is 0 Å². The van der Waals surface area contributed by atoms with Crippen molar-refractivity contribution in [2.24, 2.45) is 0 Å². The second-order valence-electron chi connectivity index (χ2n) is 4.92. The van der Waals surface area contributed by atoms with E-state index >= 15 is 0 Å². The van der Waals surface area contributed by atoms with Crippen molar-refractivity contribution in [3.8, 4) is 0 Å². The molecule has 0 bridgehead atoms. The number of hydrogen-bond acceptors (Lipinski definition) is 2. The normalized spacial score (nSPS) is 10.7. The van der Waals surface area contributed by atoms with Crippen LogP contribution >= 0.6 is 0 Å². The zero-order chi connectivity index (χ0) is 14.7. The average Bonchev–Trinajstić information content (AvgIpc) is 2.54. The van der Waals surface area contributed by atoms with Gasteiger partial charge in [-0.3, -0.25) is 0 Å². The largest absolute Gasteiger partial charge is 0.462 e. The number of carbonyl (C=O) groups excluding carboxylic acids is 1. The first-order valence-corrected chi connectivity index (χ1v) is 6.98. The first-order valence-electron chi connectivity index (χ1n) is 6.98. The van der Waals surface area contributed by atoms with Crippen molar-refractivity contribution >= 4 is 27.5 Å². The van der Waals surface area contributed by atoms with Crippen LogP contribution in [0.1, 0.15) is 5.56 Å². The van der Waals surface area contributed by atoms with Crippen molar-refractivity contribution in [1.29, 1.82) is 0 Å². The van der Waals surface area contributed by atoms with Gasteiger partial charge in [0.25, 0.3) is 0 Å². The van der Waals surface area contributed by atoms with Crippen LogP contribution in [0.3, 0.4) is 0 Å². The van der Waals surface area contributed by atoms with E-state index in [2.05, 4.69) is 36.9 Å². The van der Waals surface area contributed by atoms with Crippen molar-refractivity contribution in [2.45, 2.75) is 6.42 Å². The summed E-state index contributed by atoms with van der Waals surface area (Å²) in [6.45, 7) is 3.78. The van der Waals surface area contributed by atoms with E-state index in [-0.39, 0.29) is 5.97 Å². The van der Waals surface area contributed by atoms with Gasteiger partial charge in [-0.15, -0.1) is 0 Å². The molecule has 0 amide bonds. The molecule has 3 rings (SSSR count). The molecule has 3 aromatic rings. The molecule has 104 valence electrons. The first-order chi connectivity index (χ1) is 10.3. The standard InChI is InChI=1S/C19H16O2/c1-2-19(20)21-12-11-18-16-9-5-3-7-14(16)13-15-8-4-6-10-17(15)18/h2-10,13H,1,11-12H2. The maximum Gasteiger partial charge on any atom is 0.330 e. The summed E-state index contributed by atoms with van der Waals surface area (Å²) in [6, 6.07) is 18.8. The Kier molecular flexibility index (Phi) is 3.69. The van der Waals surface area contributed by atoms with Gasteiger partial charge in [0.15, 0.2) is 0 Å². The van der Waals surface area contributed by atoms with Crippen LogP contribution in [0.5, 0.6) is 0 Å². The highest BCUT2D eigenvalue weighted by Crippen LogP contribution is 2.28. The van der Waals surface area contributed by atoms with Gasteiger partial charge in [0.2, 0.25) is 0 Å². The molecule has 0 spiro atoms. The van der Waals surface area contributed by atoms with E-state index in [1.807, 2.05) is 24.3 Å². The lowest BCUT2D eigenvalue weighted by atomic mass is 9.95. The fraction of sp³-hybridized carbons (Fsp3) is 0.105. The first kappa shape index (κ1) is 13.4. The quantitative estimate of drug-likeness (QED) is 0.404. The molecular formula is C19H16O2. The number of rotatable bonds is 4. The van der Waals surface area contributed by atoms with E-state index in [4.69, 9.17) is 4.74 Å². The highest BCUT2D eigenvalue weighted by Gasteiger charge is 2.07. The molecule has 0 aliphatic heterocycles. The van der Waals surface area contributed by atoms with Gasteiger partial charge >= 0.3 is 5.97 Å². The van der Waals surface area contributed by atoms with Crippen molar-refractivity contribution in [3.63, 3.8) is 0 Å². The summed E-state index contributed by atoms with van der Waals surface area (Å²) < 4.78 is 5.14. The van der Waals surface area contributed by atoms with Crippen LogP contribution in [0.2, 0.25) is 0 Å². The third-order valence-electron chi connectivity index (χ3n) is 3.65. The number of carbonyl (C=O) groups is 1. The molecule has 0 saturated heterocycles. The van der Waals surface area contributed by atoms with Gasteiger partial charge < -0.3 is 4.74 Å². The third-order valence-corrected chi connectivity index (χ3v) is 3.65. The molecule has 0 unspecified atom stereocenters. The Morgan fingerprint density at radius 2 is 1.57 bits per heavy atom. The average molecular weight is 276 g/mol. The minimum absolute atomic E-state index is 0.364. The van der Waals surface area contributed by atoms with Crippen molar-refractivity contribution in [1.82, 2.24) is 0 Å². The lowest BCUT2D eigenvalue weighted by molar-refractivity contribution is -0.137. The number of esters is 1. The minimum atomic E-state index is -0.375. The summed E-state index contributed by atoms with van der Waals surface area (Å²) in [5.41, 5.74) is 1.22. The number of hydrogen-bond donors (Lipinski definition) is 0. The second-order valence-corrected chi connectivity index (χ2v) is 4.92. The predicted octanol–water partition coefficient (Wildman–Crippen LogP) is 4.26. The molecule has 0 saturated carbocycles. The molecular weight excluding hydrogens is 260 g/mol. The summed E-state index contributed by atoms with van der Waals surface area (Å²) in [5, 5.41) is 4.85. The Labute approximate surface area is 123 Å². The third kappa shape index (κ3) is 2.65. The molecule has 0 aliphatic rings. The molecule has 0 fully saturated rings. The van der Waals surface area contributed by atoms with Crippen molar-refractivity contribution < 1.29 is 9.53 Å². The molecule has 0 atom stereocenters. The van der Waals surface area contributed by atoms with E-state index in [0.717, 1.165) is 0 Å². The fourth-order valence-corrected chi connectivity index (χ4v) is 2.69. The highest BCUT2D eigenvalue weighted by atomic mass is 16.5. The molecule has 0 N–H and O–H groups in total. The topological polar surface area (TPSA) is 26.3 Å². The van der Waals surface area contributed by atoms with Gasteiger partial charge in [-0.1, -0.05) is 55.1 Å². The van der Waals surface area contributed by atoms with E-state index < -0.39 is 0 Å². The second kappa shape index (κ2) is 5.80. The molecule has 0 radical (unpaired) electrons. The molecule has 3 aromatic carbocycles. The predicted molar refractivity (Wildman–Crippen MR) is 86.3 cm³/mol. The summed E-state index contributed by atoms with van der Waals surface area (Å²) in [5.74, 6) is -0.375. The van der Waals surface area contributed by atoms with Crippen LogP contribution in [0, 0.1) is 0 Å². The van der Waals surface area contributed by atoms with E-state index in [1.54, 1.807) is 0 Å². The van der Waals surface area contributed by atoms with Crippen molar-refractivity contribution in [3.05, 3.63) is 72.8 Å². The van der Waals surface area contributed by atoms with E-state index in [1.165, 1.54) is 33.2 Å². The zero-order valence-electron chi connectivity index (χ0n) is 11.7. The Bertz CT molecular complexity index is 764. The number of fused-ring (bicyclic) bond motifs is 2. The Morgan fingerprint density at radius 3 is 2.14 bits per heavy atom. The summed E-state index contributed by atoms with van der Waals surface area (Å²) in [7, 11) is 0. The van der Waals surface area contributed by atoms with Crippen LogP contribution in [0.15, 0.2) is 67.3 Å². The monoisotopic (exact) mass is 276 g/mol. The zero-order valence-corrected chi connectivity index (χ0v) is 11.7. The SMILES string of the molecule is C=CC(=O)OCCc1c2ccccc2cc2ccccc12. The van der Waals surface area contributed by atoms with Gasteiger partial charge in [0.05, 0.1) is 6.61 Å². The van der Waals surface area contributed by atoms with Gasteiger partial charge in [0.1, 0.15) is 0 Å². The van der Waals surface area contributed by atoms with Crippen LogP contribution in [0.25, 0.3) is 21.5 Å². The molecule has 0 heterocycles. The smallest absolute Gasteiger partial charge is 0.330 e. The summed E-state index contributed by atoms with van der Waals surface area (Å²) in [4.78, 5) is 11.2. The van der Waals surface area contributed by atoms with E-state index in [0.29, 0.717) is 13.0 Å². The molecule has 0 aliphatic carbocycles. The van der Waals surface area contributed by atoms with Gasteiger partial charge in [-0.25, -0.2) is 4.79 Å². The number of ether oxygens (including phenoxy) is 1. The maximum absolute atomic E-state index is 11.2. The van der Waals surface area contributed by atoms with Crippen LogP contribution in [-0.4, -0.2) is 12.6 Å². The van der Waals surface area contributed by atoms with Crippen LogP contribution in [0.4, 0.5) is 0 Å². The van der Waals surface area contributed by atoms with Gasteiger partial charge in [0, 0.05) is 12.5 Å². The molecule has 0 aromatic heterocycles. The molecule has 2 nitrogen and oxygen atoms in total.